The first-order chi connectivity index (χ1) is 15.1. The second-order valence-corrected chi connectivity index (χ2v) is 8.76. The maximum Gasteiger partial charge on any atom is 0.416 e. The monoisotopic (exact) mass is 464 g/mol. The number of alkyl halides is 3. The van der Waals surface area contributed by atoms with Crippen LogP contribution >= 0.6 is 11.8 Å². The van der Waals surface area contributed by atoms with Gasteiger partial charge in [0.05, 0.1) is 27.4 Å². The highest BCUT2D eigenvalue weighted by Gasteiger charge is 2.31. The van der Waals surface area contributed by atoms with Gasteiger partial charge in [-0.05, 0) is 51.4 Å². The van der Waals surface area contributed by atoms with E-state index in [1.807, 2.05) is 19.0 Å². The van der Waals surface area contributed by atoms with Crippen LogP contribution in [0.25, 0.3) is 16.6 Å². The number of halogens is 3. The zero-order valence-corrected chi connectivity index (χ0v) is 18.6. The molecule has 1 heterocycles. The van der Waals surface area contributed by atoms with Gasteiger partial charge in [0.15, 0.2) is 5.16 Å². The van der Waals surface area contributed by atoms with Crippen molar-refractivity contribution in [2.75, 3.05) is 27.2 Å². The third-order valence-electron chi connectivity index (χ3n) is 4.69. The van der Waals surface area contributed by atoms with Crippen molar-refractivity contribution in [2.45, 2.75) is 23.5 Å². The summed E-state index contributed by atoms with van der Waals surface area (Å²) >= 11 is 1.02. The number of aromatic nitrogens is 2. The second-order valence-electron chi connectivity index (χ2n) is 7.45. The van der Waals surface area contributed by atoms with E-state index in [1.54, 1.807) is 31.2 Å². The molecular formula is C22H23F3N4O2S. The molecule has 1 N–H and O–H groups in total. The molecular weight excluding hydrogens is 441 g/mol. The highest BCUT2D eigenvalue weighted by atomic mass is 32.2. The van der Waals surface area contributed by atoms with E-state index in [4.69, 9.17) is 0 Å². The van der Waals surface area contributed by atoms with E-state index < -0.39 is 22.5 Å². The predicted molar refractivity (Wildman–Crippen MR) is 119 cm³/mol. The van der Waals surface area contributed by atoms with Gasteiger partial charge in [0.1, 0.15) is 0 Å². The number of amides is 1. The van der Waals surface area contributed by atoms with Crippen LogP contribution < -0.4 is 10.9 Å². The average molecular weight is 465 g/mol. The third kappa shape index (κ3) is 5.49. The van der Waals surface area contributed by atoms with Gasteiger partial charge in [0, 0.05) is 13.1 Å². The van der Waals surface area contributed by atoms with Gasteiger partial charge < -0.3 is 10.2 Å². The molecule has 0 saturated heterocycles. The van der Waals surface area contributed by atoms with Crippen LogP contribution in [-0.4, -0.2) is 52.8 Å². The molecule has 0 aliphatic rings. The van der Waals surface area contributed by atoms with Crippen LogP contribution in [-0.2, 0) is 11.0 Å². The normalized spacial score (nSPS) is 12.8. The van der Waals surface area contributed by atoms with Crippen molar-refractivity contribution in [3.63, 3.8) is 0 Å². The topological polar surface area (TPSA) is 67.2 Å². The summed E-state index contributed by atoms with van der Waals surface area (Å²) in [7, 11) is 3.77. The van der Waals surface area contributed by atoms with Crippen LogP contribution in [0.5, 0.6) is 0 Å². The van der Waals surface area contributed by atoms with E-state index >= 15 is 0 Å². The summed E-state index contributed by atoms with van der Waals surface area (Å²) in [4.78, 5) is 32.1. The first-order valence-electron chi connectivity index (χ1n) is 9.86. The Hall–Kier alpha value is -2.85. The Kier molecular flexibility index (Phi) is 7.25. The number of likely N-dealkylation sites (N-methyl/N-ethyl adjacent to an activating group) is 1. The molecule has 170 valence electrons. The predicted octanol–water partition coefficient (Wildman–Crippen LogP) is 3.56. The number of nitrogens with zero attached hydrogens (tertiary/aromatic N) is 3. The van der Waals surface area contributed by atoms with Gasteiger partial charge >= 0.3 is 6.18 Å². The summed E-state index contributed by atoms with van der Waals surface area (Å²) in [5, 5.41) is 2.60. The van der Waals surface area contributed by atoms with Crippen molar-refractivity contribution in [3.8, 4) is 5.69 Å². The van der Waals surface area contributed by atoms with Crippen molar-refractivity contribution in [2.24, 2.45) is 0 Å². The van der Waals surface area contributed by atoms with E-state index in [0.717, 1.165) is 28.5 Å². The molecule has 2 aromatic carbocycles. The van der Waals surface area contributed by atoms with E-state index in [9.17, 15) is 22.8 Å². The summed E-state index contributed by atoms with van der Waals surface area (Å²) in [5.74, 6) is -0.255. The summed E-state index contributed by atoms with van der Waals surface area (Å²) in [6.45, 7) is 2.77. The molecule has 32 heavy (non-hydrogen) atoms. The van der Waals surface area contributed by atoms with Crippen LogP contribution in [0.15, 0.2) is 58.5 Å². The number of rotatable bonds is 7. The molecule has 1 unspecified atom stereocenters. The zero-order valence-electron chi connectivity index (χ0n) is 17.8. The molecule has 6 nitrogen and oxygen atoms in total. The average Bonchev–Trinajstić information content (AvgIpc) is 2.73. The molecule has 0 spiro atoms. The van der Waals surface area contributed by atoms with E-state index in [-0.39, 0.29) is 22.1 Å². The SMILES string of the molecule is CC(Sc1nc2ccccc2c(=O)n1-c1cccc(C(F)(F)F)c1)C(=O)NCCN(C)C. The Labute approximate surface area is 187 Å². The second kappa shape index (κ2) is 9.74. The molecule has 3 aromatic rings. The largest absolute Gasteiger partial charge is 0.416 e. The molecule has 1 atom stereocenters. The van der Waals surface area contributed by atoms with Crippen LogP contribution in [0.2, 0.25) is 0 Å². The number of fused-ring (bicyclic) bond motifs is 1. The summed E-state index contributed by atoms with van der Waals surface area (Å²) in [5.41, 5.74) is -0.938. The van der Waals surface area contributed by atoms with Crippen LogP contribution in [0, 0.1) is 0 Å². The number of benzene rings is 2. The molecule has 0 fully saturated rings. The minimum atomic E-state index is -4.56. The lowest BCUT2D eigenvalue weighted by Crippen LogP contribution is -2.36. The smallest absolute Gasteiger partial charge is 0.354 e. The Balaban J connectivity index is 2.04. The number of hydrogen-bond acceptors (Lipinski definition) is 5. The minimum absolute atomic E-state index is 0.0331. The van der Waals surface area contributed by atoms with E-state index in [1.165, 1.54) is 12.1 Å². The highest BCUT2D eigenvalue weighted by molar-refractivity contribution is 8.00. The molecule has 1 amide bonds. The lowest BCUT2D eigenvalue weighted by atomic mass is 10.2. The van der Waals surface area contributed by atoms with Gasteiger partial charge in [-0.15, -0.1) is 0 Å². The summed E-state index contributed by atoms with van der Waals surface area (Å²) in [6, 6.07) is 11.1. The molecule has 0 saturated carbocycles. The fourth-order valence-electron chi connectivity index (χ4n) is 3.00. The molecule has 0 radical (unpaired) electrons. The molecule has 0 aliphatic heterocycles. The Bertz CT molecular complexity index is 1180. The maximum absolute atomic E-state index is 13.3. The third-order valence-corrected chi connectivity index (χ3v) is 5.74. The van der Waals surface area contributed by atoms with Gasteiger partial charge in [0.2, 0.25) is 5.91 Å². The first-order valence-corrected chi connectivity index (χ1v) is 10.7. The molecule has 0 bridgehead atoms. The van der Waals surface area contributed by atoms with Gasteiger partial charge in [-0.25, -0.2) is 4.98 Å². The fourth-order valence-corrected chi connectivity index (χ4v) is 3.95. The van der Waals surface area contributed by atoms with Crippen molar-refractivity contribution in [3.05, 3.63) is 64.4 Å². The molecule has 3 rings (SSSR count). The van der Waals surface area contributed by atoms with E-state index in [2.05, 4.69) is 10.3 Å². The number of nitrogens with one attached hydrogen (secondary N) is 1. The number of para-hydroxylation sites is 1. The molecule has 0 aliphatic carbocycles. The summed E-state index contributed by atoms with van der Waals surface area (Å²) < 4.78 is 40.9. The fraction of sp³-hybridized carbons (Fsp3) is 0.318. The van der Waals surface area contributed by atoms with Crippen molar-refractivity contribution < 1.29 is 18.0 Å². The van der Waals surface area contributed by atoms with Crippen LogP contribution in [0.3, 0.4) is 0 Å². The Morgan fingerprint density at radius 1 is 1.19 bits per heavy atom. The van der Waals surface area contributed by atoms with Gasteiger partial charge in [-0.1, -0.05) is 30.0 Å². The van der Waals surface area contributed by atoms with Crippen molar-refractivity contribution >= 4 is 28.6 Å². The number of hydrogen-bond donors (Lipinski definition) is 1. The summed E-state index contributed by atoms with van der Waals surface area (Å²) in [6.07, 6.45) is -4.56. The highest BCUT2D eigenvalue weighted by Crippen LogP contribution is 2.31. The van der Waals surface area contributed by atoms with Gasteiger partial charge in [-0.3, -0.25) is 14.2 Å². The standard InChI is InChI=1S/C22H23F3N4O2S/c1-14(19(30)26-11-12-28(2)3)32-21-27-18-10-5-4-9-17(18)20(31)29(21)16-8-6-7-15(13-16)22(23,24)25/h4-10,13-14H,11-12H2,1-3H3,(H,26,30). The first kappa shape index (κ1) is 23.8. The Morgan fingerprint density at radius 2 is 1.91 bits per heavy atom. The zero-order chi connectivity index (χ0) is 23.5. The van der Waals surface area contributed by atoms with Crippen LogP contribution in [0.4, 0.5) is 13.2 Å². The quantitative estimate of drug-likeness (QED) is 0.428. The number of thioether (sulfide) groups is 1. The van der Waals surface area contributed by atoms with E-state index in [0.29, 0.717) is 18.6 Å². The lowest BCUT2D eigenvalue weighted by molar-refractivity contribution is -0.137. The lowest BCUT2D eigenvalue weighted by Gasteiger charge is -2.18. The maximum atomic E-state index is 13.3. The van der Waals surface area contributed by atoms with Gasteiger partial charge in [-0.2, -0.15) is 13.2 Å². The minimum Gasteiger partial charge on any atom is -0.354 e. The number of carbonyl (C=O) groups is 1. The Morgan fingerprint density at radius 3 is 2.59 bits per heavy atom. The molecule has 10 heteroatoms. The van der Waals surface area contributed by atoms with Crippen molar-refractivity contribution in [1.29, 1.82) is 0 Å². The number of carbonyl (C=O) groups excluding carboxylic acids is 1. The van der Waals surface area contributed by atoms with Crippen molar-refractivity contribution in [1.82, 2.24) is 19.8 Å². The van der Waals surface area contributed by atoms with Crippen LogP contribution in [0.1, 0.15) is 12.5 Å². The molecule has 1 aromatic heterocycles. The van der Waals surface area contributed by atoms with Gasteiger partial charge in [0.25, 0.3) is 5.56 Å².